The molecule has 2 heterocycles. The van der Waals surface area contributed by atoms with Crippen molar-refractivity contribution in [3.63, 3.8) is 0 Å². The van der Waals surface area contributed by atoms with Gasteiger partial charge in [-0.3, -0.25) is 19.8 Å². The Labute approximate surface area is 114 Å². The van der Waals surface area contributed by atoms with Crippen molar-refractivity contribution < 1.29 is 19.6 Å². The molecule has 1 saturated heterocycles. The Morgan fingerprint density at radius 1 is 1.40 bits per heavy atom. The molecule has 2 aliphatic heterocycles. The van der Waals surface area contributed by atoms with Crippen LogP contribution >= 0.6 is 0 Å². The van der Waals surface area contributed by atoms with Crippen LogP contribution in [0.1, 0.15) is 5.56 Å². The predicted molar refractivity (Wildman–Crippen MR) is 68.0 cm³/mol. The Kier molecular flexibility index (Phi) is 2.93. The summed E-state index contributed by atoms with van der Waals surface area (Å²) in [6.45, 7) is 1.57. The SMILES string of the molecule is O=C1Nc2ccc([N+](=O)[O-])cc2[C@@]1(O)N1CCOCC1. The number of non-ortho nitro benzene ring substituents is 1. The summed E-state index contributed by atoms with van der Waals surface area (Å²) in [5.41, 5.74) is -1.41. The average Bonchev–Trinajstić information content (AvgIpc) is 2.72. The smallest absolute Gasteiger partial charge is 0.276 e. The highest BCUT2D eigenvalue weighted by Gasteiger charge is 2.51. The summed E-state index contributed by atoms with van der Waals surface area (Å²) in [7, 11) is 0. The molecule has 3 rings (SSSR count). The van der Waals surface area contributed by atoms with E-state index in [1.54, 1.807) is 4.90 Å². The van der Waals surface area contributed by atoms with Crippen molar-refractivity contribution in [3.05, 3.63) is 33.9 Å². The summed E-state index contributed by atoms with van der Waals surface area (Å²) in [5, 5.41) is 24.2. The first-order valence-corrected chi connectivity index (χ1v) is 6.19. The summed E-state index contributed by atoms with van der Waals surface area (Å²) in [6, 6.07) is 3.97. The van der Waals surface area contributed by atoms with Gasteiger partial charge >= 0.3 is 0 Å². The van der Waals surface area contributed by atoms with E-state index in [-0.39, 0.29) is 11.3 Å². The number of nitro benzene ring substituents is 1. The molecule has 1 aromatic carbocycles. The first-order valence-electron chi connectivity index (χ1n) is 6.19. The van der Waals surface area contributed by atoms with Gasteiger partial charge in [-0.15, -0.1) is 0 Å². The van der Waals surface area contributed by atoms with Gasteiger partial charge in [0, 0.05) is 36.5 Å². The molecule has 2 N–H and O–H groups in total. The fourth-order valence-electron chi connectivity index (χ4n) is 2.58. The van der Waals surface area contributed by atoms with Crippen LogP contribution in [-0.2, 0) is 15.3 Å². The molecule has 1 fully saturated rings. The lowest BCUT2D eigenvalue weighted by Crippen LogP contribution is -2.55. The second kappa shape index (κ2) is 4.51. The summed E-state index contributed by atoms with van der Waals surface area (Å²) < 4.78 is 5.20. The van der Waals surface area contributed by atoms with Crippen LogP contribution in [0.2, 0.25) is 0 Å². The van der Waals surface area contributed by atoms with Gasteiger partial charge in [-0.25, -0.2) is 0 Å². The largest absolute Gasteiger partial charge is 0.379 e. The minimum absolute atomic E-state index is 0.160. The normalized spacial score (nSPS) is 26.1. The molecule has 1 aromatic rings. The van der Waals surface area contributed by atoms with Crippen molar-refractivity contribution in [2.24, 2.45) is 0 Å². The van der Waals surface area contributed by atoms with Crippen LogP contribution in [0.25, 0.3) is 0 Å². The van der Waals surface area contributed by atoms with E-state index in [2.05, 4.69) is 5.32 Å². The van der Waals surface area contributed by atoms with Gasteiger partial charge in [0.1, 0.15) is 0 Å². The molecule has 106 valence electrons. The first-order chi connectivity index (χ1) is 9.53. The van der Waals surface area contributed by atoms with Gasteiger partial charge in [-0.1, -0.05) is 0 Å². The Hall–Kier alpha value is -2.03. The number of amides is 1. The van der Waals surface area contributed by atoms with Gasteiger partial charge in [-0.2, -0.15) is 0 Å². The van der Waals surface area contributed by atoms with E-state index in [9.17, 15) is 20.0 Å². The highest BCUT2D eigenvalue weighted by molar-refractivity contribution is 6.04. The summed E-state index contributed by atoms with van der Waals surface area (Å²) in [4.78, 5) is 24.0. The van der Waals surface area contributed by atoms with Crippen LogP contribution < -0.4 is 5.32 Å². The lowest BCUT2D eigenvalue weighted by molar-refractivity contribution is -0.385. The molecule has 2 aliphatic rings. The number of nitrogens with one attached hydrogen (secondary N) is 1. The van der Waals surface area contributed by atoms with Crippen LogP contribution in [0.15, 0.2) is 18.2 Å². The lowest BCUT2D eigenvalue weighted by Gasteiger charge is -2.37. The molecule has 8 heteroatoms. The van der Waals surface area contributed by atoms with Gasteiger partial charge in [-0.05, 0) is 6.07 Å². The van der Waals surface area contributed by atoms with Crippen LogP contribution in [0.3, 0.4) is 0 Å². The molecular formula is C12H13N3O5. The number of ether oxygens (including phenoxy) is 1. The molecule has 0 radical (unpaired) electrons. The highest BCUT2D eigenvalue weighted by Crippen LogP contribution is 2.40. The maximum atomic E-state index is 12.1. The highest BCUT2D eigenvalue weighted by atomic mass is 16.6. The van der Waals surface area contributed by atoms with E-state index < -0.39 is 16.6 Å². The van der Waals surface area contributed by atoms with E-state index in [0.717, 1.165) is 0 Å². The third-order valence-electron chi connectivity index (χ3n) is 3.62. The van der Waals surface area contributed by atoms with E-state index in [1.165, 1.54) is 18.2 Å². The summed E-state index contributed by atoms with van der Waals surface area (Å²) in [5.74, 6) is -0.588. The van der Waals surface area contributed by atoms with Gasteiger partial charge in [0.2, 0.25) is 5.72 Å². The minimum Gasteiger partial charge on any atom is -0.379 e. The number of aliphatic hydroxyl groups is 1. The molecule has 0 saturated carbocycles. The molecule has 20 heavy (non-hydrogen) atoms. The second-order valence-corrected chi connectivity index (χ2v) is 4.71. The molecule has 0 aromatic heterocycles. The molecule has 1 amide bonds. The van der Waals surface area contributed by atoms with E-state index in [4.69, 9.17) is 4.74 Å². The number of nitrogens with zero attached hydrogens (tertiary/aromatic N) is 2. The van der Waals surface area contributed by atoms with Crippen LogP contribution in [0.4, 0.5) is 11.4 Å². The number of hydrogen-bond donors (Lipinski definition) is 2. The minimum atomic E-state index is -1.87. The molecule has 0 unspecified atom stereocenters. The zero-order chi connectivity index (χ0) is 14.3. The van der Waals surface area contributed by atoms with Crippen LogP contribution in [0.5, 0.6) is 0 Å². The van der Waals surface area contributed by atoms with Gasteiger partial charge < -0.3 is 15.2 Å². The Bertz CT molecular complexity index is 584. The van der Waals surface area contributed by atoms with Crippen molar-refractivity contribution in [2.45, 2.75) is 5.72 Å². The van der Waals surface area contributed by atoms with Crippen LogP contribution in [-0.4, -0.2) is 47.1 Å². The van der Waals surface area contributed by atoms with E-state index in [0.29, 0.717) is 32.0 Å². The molecule has 0 spiro atoms. The van der Waals surface area contributed by atoms with Crippen LogP contribution in [0, 0.1) is 10.1 Å². The van der Waals surface area contributed by atoms with Crippen molar-refractivity contribution in [3.8, 4) is 0 Å². The number of nitro groups is 1. The van der Waals surface area contributed by atoms with Crippen molar-refractivity contribution >= 4 is 17.3 Å². The first kappa shape index (κ1) is 13.0. The fraction of sp³-hybridized carbons (Fsp3) is 0.417. The van der Waals surface area contributed by atoms with E-state index >= 15 is 0 Å². The fourth-order valence-corrected chi connectivity index (χ4v) is 2.58. The quantitative estimate of drug-likeness (QED) is 0.584. The maximum Gasteiger partial charge on any atom is 0.276 e. The zero-order valence-corrected chi connectivity index (χ0v) is 10.5. The topological polar surface area (TPSA) is 105 Å². The summed E-state index contributed by atoms with van der Waals surface area (Å²) >= 11 is 0. The van der Waals surface area contributed by atoms with Gasteiger partial charge in [0.05, 0.1) is 18.1 Å². The number of carbonyl (C=O) groups is 1. The number of carbonyl (C=O) groups excluding carboxylic acids is 1. The molecule has 0 bridgehead atoms. The predicted octanol–water partition coefficient (Wildman–Crippen LogP) is 0.0242. The number of rotatable bonds is 2. The van der Waals surface area contributed by atoms with Crippen molar-refractivity contribution in [2.75, 3.05) is 31.6 Å². The van der Waals surface area contributed by atoms with Gasteiger partial charge in [0.25, 0.3) is 11.6 Å². The second-order valence-electron chi connectivity index (χ2n) is 4.71. The third-order valence-corrected chi connectivity index (χ3v) is 3.62. The van der Waals surface area contributed by atoms with Crippen molar-refractivity contribution in [1.29, 1.82) is 0 Å². The van der Waals surface area contributed by atoms with Crippen molar-refractivity contribution in [1.82, 2.24) is 4.90 Å². The molecule has 0 aliphatic carbocycles. The van der Waals surface area contributed by atoms with Gasteiger partial charge in [0.15, 0.2) is 0 Å². The number of benzene rings is 1. The standard InChI is InChI=1S/C12H13N3O5/c16-11-12(17,14-3-5-20-6-4-14)9-7-8(15(18)19)1-2-10(9)13-11/h1-2,7,17H,3-6H2,(H,13,16)/t12-/m0/s1. The Morgan fingerprint density at radius 2 is 2.10 bits per heavy atom. The molecular weight excluding hydrogens is 266 g/mol. The number of fused-ring (bicyclic) bond motifs is 1. The molecule has 8 nitrogen and oxygen atoms in total. The Balaban J connectivity index is 2.06. The van der Waals surface area contributed by atoms with E-state index in [1.807, 2.05) is 0 Å². The summed E-state index contributed by atoms with van der Waals surface area (Å²) in [6.07, 6.45) is 0. The molecule has 1 atom stereocenters. The monoisotopic (exact) mass is 279 g/mol. The number of morpholine rings is 1. The average molecular weight is 279 g/mol. The lowest BCUT2D eigenvalue weighted by atomic mass is 10.0. The number of anilines is 1. The maximum absolute atomic E-state index is 12.1. The third kappa shape index (κ3) is 1.77. The zero-order valence-electron chi connectivity index (χ0n) is 10.5. The Morgan fingerprint density at radius 3 is 2.75 bits per heavy atom. The number of hydrogen-bond acceptors (Lipinski definition) is 6.